The van der Waals surface area contributed by atoms with Gasteiger partial charge in [-0.25, -0.2) is 0 Å². The molecule has 4 heteroatoms. The van der Waals surface area contributed by atoms with E-state index in [1.54, 1.807) is 6.20 Å². The number of carbonyl (C=O) groups is 1. The number of carboxylic acid groups (broad SMARTS) is 1. The van der Waals surface area contributed by atoms with E-state index in [1.807, 2.05) is 32.2 Å². The van der Waals surface area contributed by atoms with Gasteiger partial charge < -0.3 is 9.84 Å². The number of rotatable bonds is 4. The number of aromatic nitrogens is 1. The zero-order valence-corrected chi connectivity index (χ0v) is 10.1. The van der Waals surface area contributed by atoms with Gasteiger partial charge in [-0.3, -0.25) is 9.78 Å². The lowest BCUT2D eigenvalue weighted by Crippen LogP contribution is -2.57. The topological polar surface area (TPSA) is 59.4 Å². The molecular weight excluding hydrogens is 218 g/mol. The fraction of sp³-hybridized carbons (Fsp3) is 0.538. The Morgan fingerprint density at radius 2 is 2.29 bits per heavy atom. The van der Waals surface area contributed by atoms with E-state index in [9.17, 15) is 4.79 Å². The third-order valence-corrected chi connectivity index (χ3v) is 3.80. The third kappa shape index (κ3) is 1.93. The van der Waals surface area contributed by atoms with Crippen molar-refractivity contribution in [3.8, 4) is 0 Å². The molecule has 92 valence electrons. The summed E-state index contributed by atoms with van der Waals surface area (Å²) >= 11 is 0. The van der Waals surface area contributed by atoms with Crippen molar-refractivity contribution in [1.82, 2.24) is 4.98 Å². The lowest BCUT2D eigenvalue weighted by Gasteiger charge is -2.52. The Labute approximate surface area is 101 Å². The second-order valence-corrected chi connectivity index (χ2v) is 5.27. The molecule has 0 spiro atoms. The van der Waals surface area contributed by atoms with E-state index in [1.165, 1.54) is 0 Å². The van der Waals surface area contributed by atoms with E-state index in [4.69, 9.17) is 9.84 Å². The molecule has 0 radical (unpaired) electrons. The first-order valence-corrected chi connectivity index (χ1v) is 5.68. The van der Waals surface area contributed by atoms with Gasteiger partial charge in [0.25, 0.3) is 0 Å². The van der Waals surface area contributed by atoms with Gasteiger partial charge in [0.2, 0.25) is 0 Å². The molecule has 0 aromatic carbocycles. The highest BCUT2D eigenvalue weighted by molar-refractivity contribution is 5.68. The molecule has 2 heterocycles. The molecule has 1 aliphatic rings. The summed E-state index contributed by atoms with van der Waals surface area (Å²) < 4.78 is 5.34. The van der Waals surface area contributed by atoms with Crippen molar-refractivity contribution in [3.63, 3.8) is 0 Å². The van der Waals surface area contributed by atoms with Crippen molar-refractivity contribution in [3.05, 3.63) is 30.1 Å². The Kier molecular flexibility index (Phi) is 2.91. The van der Waals surface area contributed by atoms with Crippen molar-refractivity contribution >= 4 is 5.97 Å². The Bertz CT molecular complexity index is 410. The maximum atomic E-state index is 11.0. The predicted octanol–water partition coefficient (Wildman–Crippen LogP) is 1.85. The van der Waals surface area contributed by atoms with Crippen molar-refractivity contribution in [2.24, 2.45) is 5.41 Å². The van der Waals surface area contributed by atoms with Crippen molar-refractivity contribution in [2.45, 2.75) is 25.7 Å². The van der Waals surface area contributed by atoms with Gasteiger partial charge in [0.1, 0.15) is 0 Å². The zero-order valence-electron chi connectivity index (χ0n) is 10.1. The minimum absolute atomic E-state index is 0.130. The van der Waals surface area contributed by atoms with Crippen LogP contribution in [0.5, 0.6) is 0 Å². The lowest BCUT2D eigenvalue weighted by atomic mass is 9.59. The number of ether oxygens (including phenoxy) is 1. The molecule has 0 saturated carbocycles. The molecule has 1 aliphatic heterocycles. The summed E-state index contributed by atoms with van der Waals surface area (Å²) in [5, 5.41) is 9.02. The Balaban J connectivity index is 2.35. The maximum absolute atomic E-state index is 11.0. The van der Waals surface area contributed by atoms with Crippen LogP contribution in [0.25, 0.3) is 0 Å². The molecule has 0 atom stereocenters. The summed E-state index contributed by atoms with van der Waals surface area (Å²) in [5.74, 6) is -0.773. The maximum Gasteiger partial charge on any atom is 0.303 e. The average molecular weight is 235 g/mol. The lowest BCUT2D eigenvalue weighted by molar-refractivity contribution is -0.151. The first-order chi connectivity index (χ1) is 7.98. The minimum atomic E-state index is -0.773. The molecule has 1 aromatic heterocycles. The quantitative estimate of drug-likeness (QED) is 0.865. The van der Waals surface area contributed by atoms with E-state index >= 15 is 0 Å². The monoisotopic (exact) mass is 235 g/mol. The molecule has 1 fully saturated rings. The van der Waals surface area contributed by atoms with Crippen LogP contribution in [0.4, 0.5) is 0 Å². The molecule has 1 saturated heterocycles. The highest BCUT2D eigenvalue weighted by Gasteiger charge is 2.52. The summed E-state index contributed by atoms with van der Waals surface area (Å²) in [6.45, 7) is 5.10. The number of pyridine rings is 1. The molecular formula is C13H17NO3. The normalized spacial score (nSPS) is 18.5. The molecule has 1 N–H and O–H groups in total. The second-order valence-electron chi connectivity index (χ2n) is 5.27. The minimum Gasteiger partial charge on any atom is -0.481 e. The number of carboxylic acids is 1. The van der Waals surface area contributed by atoms with Crippen LogP contribution in [0.2, 0.25) is 0 Å². The largest absolute Gasteiger partial charge is 0.481 e. The van der Waals surface area contributed by atoms with Crippen LogP contribution in [-0.2, 0) is 14.9 Å². The molecule has 0 amide bonds. The second kappa shape index (κ2) is 4.11. The summed E-state index contributed by atoms with van der Waals surface area (Å²) in [4.78, 5) is 15.1. The van der Waals surface area contributed by atoms with Crippen LogP contribution in [0.15, 0.2) is 24.5 Å². The fourth-order valence-electron chi connectivity index (χ4n) is 2.45. The van der Waals surface area contributed by atoms with E-state index in [-0.39, 0.29) is 17.3 Å². The highest BCUT2D eigenvalue weighted by atomic mass is 16.5. The molecule has 0 aliphatic carbocycles. The van der Waals surface area contributed by atoms with Gasteiger partial charge in [-0.2, -0.15) is 0 Å². The van der Waals surface area contributed by atoms with Gasteiger partial charge >= 0.3 is 5.97 Å². The summed E-state index contributed by atoms with van der Waals surface area (Å²) in [5.41, 5.74) is 0.497. The smallest absolute Gasteiger partial charge is 0.303 e. The van der Waals surface area contributed by atoms with Crippen LogP contribution in [0.1, 0.15) is 25.8 Å². The number of hydrogen-bond donors (Lipinski definition) is 1. The van der Waals surface area contributed by atoms with Crippen molar-refractivity contribution < 1.29 is 14.6 Å². The fourth-order valence-corrected chi connectivity index (χ4v) is 2.45. The van der Waals surface area contributed by atoms with Crippen LogP contribution in [-0.4, -0.2) is 29.3 Å². The predicted molar refractivity (Wildman–Crippen MR) is 62.8 cm³/mol. The summed E-state index contributed by atoms with van der Waals surface area (Å²) in [7, 11) is 0. The molecule has 2 rings (SSSR count). The van der Waals surface area contributed by atoms with Gasteiger partial charge in [-0.1, -0.05) is 19.9 Å². The van der Waals surface area contributed by atoms with Gasteiger partial charge in [-0.15, -0.1) is 0 Å². The third-order valence-electron chi connectivity index (χ3n) is 3.80. The average Bonchev–Trinajstić information content (AvgIpc) is 2.14. The van der Waals surface area contributed by atoms with Crippen molar-refractivity contribution in [2.75, 3.05) is 13.2 Å². The van der Waals surface area contributed by atoms with Crippen LogP contribution in [0.3, 0.4) is 0 Å². The Morgan fingerprint density at radius 1 is 1.59 bits per heavy atom. The number of nitrogens with zero attached hydrogens (tertiary/aromatic N) is 1. The molecule has 0 unspecified atom stereocenters. The van der Waals surface area contributed by atoms with E-state index in [2.05, 4.69) is 4.98 Å². The van der Waals surface area contributed by atoms with Gasteiger partial charge in [0, 0.05) is 17.8 Å². The number of hydrogen-bond acceptors (Lipinski definition) is 3. The zero-order chi connectivity index (χ0) is 12.5. The first-order valence-electron chi connectivity index (χ1n) is 5.68. The highest BCUT2D eigenvalue weighted by Crippen LogP contribution is 2.48. The SMILES string of the molecule is CC(C)(CC(=O)O)C1(c2cccnc2)COC1. The van der Waals surface area contributed by atoms with Crippen LogP contribution in [0, 0.1) is 5.41 Å². The molecule has 17 heavy (non-hydrogen) atoms. The van der Waals surface area contributed by atoms with E-state index in [0.29, 0.717) is 13.2 Å². The Hall–Kier alpha value is -1.42. The van der Waals surface area contributed by atoms with Crippen LogP contribution >= 0.6 is 0 Å². The van der Waals surface area contributed by atoms with Crippen LogP contribution < -0.4 is 0 Å². The van der Waals surface area contributed by atoms with Gasteiger partial charge in [0.05, 0.1) is 19.6 Å². The standard InChI is InChI=1S/C13H17NO3/c1-12(2,6-11(15)16)13(8-17-9-13)10-4-3-5-14-7-10/h3-5,7H,6,8-9H2,1-2H3,(H,15,16). The molecule has 0 bridgehead atoms. The van der Waals surface area contributed by atoms with Crippen molar-refractivity contribution in [1.29, 1.82) is 0 Å². The molecule has 4 nitrogen and oxygen atoms in total. The Morgan fingerprint density at radius 3 is 2.71 bits per heavy atom. The van der Waals surface area contributed by atoms with E-state index in [0.717, 1.165) is 5.56 Å². The van der Waals surface area contributed by atoms with Gasteiger partial charge in [-0.05, 0) is 17.0 Å². The summed E-state index contributed by atoms with van der Waals surface area (Å²) in [6, 6.07) is 3.88. The van der Waals surface area contributed by atoms with E-state index < -0.39 is 5.97 Å². The molecule has 1 aromatic rings. The first kappa shape index (κ1) is 12.0. The van der Waals surface area contributed by atoms with Gasteiger partial charge in [0.15, 0.2) is 0 Å². The summed E-state index contributed by atoms with van der Waals surface area (Å²) in [6.07, 6.45) is 3.66. The number of aliphatic carboxylic acids is 1.